The number of carbonyl (C=O) groups excluding carboxylic acids is 2. The minimum absolute atomic E-state index is 0.0192. The molecule has 0 aliphatic rings. The second-order valence-electron chi connectivity index (χ2n) is 17.2. The number of carbonyl (C=O) groups is 2. The van der Waals surface area contributed by atoms with Crippen LogP contribution in [0.3, 0.4) is 0 Å². The van der Waals surface area contributed by atoms with E-state index < -0.39 is 26.5 Å². The minimum Gasteiger partial charge on any atom is -0.462 e. The normalized spacial score (nSPS) is 13.8. The van der Waals surface area contributed by atoms with E-state index in [1.54, 1.807) is 0 Å². The number of esters is 2. The van der Waals surface area contributed by atoms with Crippen LogP contribution < -0.4 is 0 Å². The maximum Gasteiger partial charge on any atom is 0.472 e. The largest absolute Gasteiger partial charge is 0.472 e. The number of unbranched alkanes of at least 4 members (excludes halogenated alkanes) is 21. The van der Waals surface area contributed by atoms with E-state index in [9.17, 15) is 19.0 Å². The lowest BCUT2D eigenvalue weighted by molar-refractivity contribution is -0.870. The van der Waals surface area contributed by atoms with Crippen molar-refractivity contribution in [2.75, 3.05) is 47.5 Å². The molecule has 1 N–H and O–H groups in total. The van der Waals surface area contributed by atoms with Gasteiger partial charge in [0, 0.05) is 12.8 Å². The number of quaternary nitrogens is 1. The van der Waals surface area contributed by atoms with Crippen LogP contribution in [0.15, 0.2) is 61.3 Å². The molecule has 0 amide bonds. The summed E-state index contributed by atoms with van der Waals surface area (Å²) in [7, 11) is 1.44. The van der Waals surface area contributed by atoms with E-state index in [0.29, 0.717) is 23.9 Å². The zero-order chi connectivity index (χ0) is 44.3. The standard InChI is InChI=1S/C50H90NO8P/c1-6-8-10-12-14-16-18-20-22-23-24-25-26-27-29-31-33-35-37-39-41-43-50(53)59-48(47-58-60(54,55)57-45-44-51(3,4)5)46-56-49(52)42-40-38-36-34-32-30-28-21-19-17-15-13-11-9-7-2/h7,22-23,25-26,29,31,35,37,48H,2,6,8-21,24,27-28,30,32-34,36,38-47H2,1,3-5H3/p+1/b23-22+,26-25+,31-29+,37-35+/t48-/m1/s1. The van der Waals surface area contributed by atoms with Crippen LogP contribution in [0.4, 0.5) is 0 Å². The van der Waals surface area contributed by atoms with Gasteiger partial charge in [-0.25, -0.2) is 4.57 Å². The molecule has 0 heterocycles. The summed E-state index contributed by atoms with van der Waals surface area (Å²) in [4.78, 5) is 35.4. The summed E-state index contributed by atoms with van der Waals surface area (Å²) >= 11 is 0. The van der Waals surface area contributed by atoms with Crippen molar-refractivity contribution in [3.63, 3.8) is 0 Å². The first-order valence-corrected chi connectivity index (χ1v) is 25.5. The third-order valence-corrected chi connectivity index (χ3v) is 11.2. The van der Waals surface area contributed by atoms with Crippen molar-refractivity contribution in [2.24, 2.45) is 0 Å². The quantitative estimate of drug-likeness (QED) is 0.0212. The Hall–Kier alpha value is -2.29. The van der Waals surface area contributed by atoms with Crippen LogP contribution in [0.25, 0.3) is 0 Å². The van der Waals surface area contributed by atoms with Gasteiger partial charge in [0.1, 0.15) is 19.8 Å². The molecule has 348 valence electrons. The van der Waals surface area contributed by atoms with Crippen molar-refractivity contribution in [2.45, 2.75) is 199 Å². The molecule has 0 saturated carbocycles. The van der Waals surface area contributed by atoms with Gasteiger partial charge in [-0.15, -0.1) is 6.58 Å². The number of hydrogen-bond acceptors (Lipinski definition) is 7. The van der Waals surface area contributed by atoms with Crippen molar-refractivity contribution >= 4 is 19.8 Å². The molecular weight excluding hydrogens is 774 g/mol. The van der Waals surface area contributed by atoms with Gasteiger partial charge in [0.15, 0.2) is 6.10 Å². The Balaban J connectivity index is 4.40. The van der Waals surface area contributed by atoms with E-state index in [2.05, 4.69) is 62.1 Å². The summed E-state index contributed by atoms with van der Waals surface area (Å²) < 4.78 is 34.3. The number of hydrogen-bond donors (Lipinski definition) is 1. The molecule has 9 nitrogen and oxygen atoms in total. The Kier molecular flexibility index (Phi) is 40.4. The molecule has 0 aromatic carbocycles. The molecule has 0 aromatic heterocycles. The summed E-state index contributed by atoms with van der Waals surface area (Å²) in [5.74, 6) is -0.867. The third-order valence-electron chi connectivity index (χ3n) is 10.2. The van der Waals surface area contributed by atoms with Crippen LogP contribution in [-0.2, 0) is 32.7 Å². The summed E-state index contributed by atoms with van der Waals surface area (Å²) in [6.45, 7) is 5.88. The first-order valence-electron chi connectivity index (χ1n) is 24.0. The van der Waals surface area contributed by atoms with Crippen molar-refractivity contribution in [3.8, 4) is 0 Å². The fourth-order valence-electron chi connectivity index (χ4n) is 6.40. The van der Waals surface area contributed by atoms with E-state index in [0.717, 1.165) is 44.9 Å². The molecule has 0 spiro atoms. The maximum absolute atomic E-state index is 12.7. The zero-order valence-electron chi connectivity index (χ0n) is 39.0. The van der Waals surface area contributed by atoms with Gasteiger partial charge in [-0.2, -0.15) is 0 Å². The van der Waals surface area contributed by atoms with Gasteiger partial charge in [-0.3, -0.25) is 18.6 Å². The Morgan fingerprint density at radius 1 is 0.567 bits per heavy atom. The molecule has 2 atom stereocenters. The van der Waals surface area contributed by atoms with Gasteiger partial charge >= 0.3 is 19.8 Å². The van der Waals surface area contributed by atoms with Gasteiger partial charge in [-0.1, -0.05) is 171 Å². The number of likely N-dealkylation sites (N-methyl/N-ethyl adjacent to an activating group) is 1. The number of nitrogens with zero attached hydrogens (tertiary/aromatic N) is 1. The molecule has 60 heavy (non-hydrogen) atoms. The summed E-state index contributed by atoms with van der Waals surface area (Å²) in [6, 6.07) is 0. The Labute approximate surface area is 368 Å². The Bertz CT molecular complexity index is 1190. The Morgan fingerprint density at radius 2 is 1.00 bits per heavy atom. The van der Waals surface area contributed by atoms with E-state index >= 15 is 0 Å². The van der Waals surface area contributed by atoms with Crippen LogP contribution in [0.2, 0.25) is 0 Å². The highest BCUT2D eigenvalue weighted by molar-refractivity contribution is 7.47. The number of rotatable bonds is 44. The molecule has 0 aromatic rings. The summed E-state index contributed by atoms with van der Waals surface area (Å²) in [5.41, 5.74) is 0. The lowest BCUT2D eigenvalue weighted by Crippen LogP contribution is -2.37. The smallest absolute Gasteiger partial charge is 0.462 e. The maximum atomic E-state index is 12.7. The fourth-order valence-corrected chi connectivity index (χ4v) is 7.14. The molecule has 0 rings (SSSR count). The minimum atomic E-state index is -4.39. The molecule has 1 unspecified atom stereocenters. The van der Waals surface area contributed by atoms with Gasteiger partial charge in [0.05, 0.1) is 27.7 Å². The number of phosphoric ester groups is 1. The average molecular weight is 865 g/mol. The van der Waals surface area contributed by atoms with E-state index in [1.807, 2.05) is 27.2 Å². The van der Waals surface area contributed by atoms with Crippen molar-refractivity contribution < 1.29 is 42.1 Å². The third kappa shape index (κ3) is 45.2. The van der Waals surface area contributed by atoms with Crippen molar-refractivity contribution in [1.82, 2.24) is 0 Å². The number of ether oxygens (including phenoxy) is 2. The SMILES string of the molecule is C=CCCCCCCCCCCCCCCCC(=O)OC[C@H](COP(=O)(O)OCC[N+](C)(C)C)OC(=O)CCC/C=C/C/C=C/C/C=C/C/C=C/CCCCCCCCC. The molecule has 0 aliphatic heterocycles. The average Bonchev–Trinajstić information content (AvgIpc) is 3.20. The lowest BCUT2D eigenvalue weighted by atomic mass is 10.0. The zero-order valence-corrected chi connectivity index (χ0v) is 39.9. The summed E-state index contributed by atoms with van der Waals surface area (Å²) in [6.07, 6.45) is 50.3. The van der Waals surface area contributed by atoms with Crippen molar-refractivity contribution in [1.29, 1.82) is 0 Å². The van der Waals surface area contributed by atoms with Gasteiger partial charge in [-0.05, 0) is 64.2 Å². The molecule has 0 fully saturated rings. The predicted octanol–water partition coefficient (Wildman–Crippen LogP) is 14.0. The van der Waals surface area contributed by atoms with Crippen LogP contribution in [0.5, 0.6) is 0 Å². The fraction of sp³-hybridized carbons (Fsp3) is 0.760. The van der Waals surface area contributed by atoms with Crippen LogP contribution >= 0.6 is 7.82 Å². The topological polar surface area (TPSA) is 108 Å². The monoisotopic (exact) mass is 865 g/mol. The number of allylic oxidation sites excluding steroid dienone is 9. The Morgan fingerprint density at radius 3 is 1.50 bits per heavy atom. The summed E-state index contributed by atoms with van der Waals surface area (Å²) in [5, 5.41) is 0. The molecule has 0 saturated heterocycles. The molecule has 0 bridgehead atoms. The lowest BCUT2D eigenvalue weighted by Gasteiger charge is -2.24. The van der Waals surface area contributed by atoms with E-state index in [4.69, 9.17) is 18.5 Å². The highest BCUT2D eigenvalue weighted by Gasteiger charge is 2.27. The molecule has 0 radical (unpaired) electrons. The van der Waals surface area contributed by atoms with Crippen molar-refractivity contribution in [3.05, 3.63) is 61.3 Å². The first kappa shape index (κ1) is 57.7. The number of phosphoric acid groups is 1. The second-order valence-corrected chi connectivity index (χ2v) is 18.7. The highest BCUT2D eigenvalue weighted by atomic mass is 31.2. The molecule has 0 aliphatic carbocycles. The first-order chi connectivity index (χ1) is 29.0. The van der Waals surface area contributed by atoms with Gasteiger partial charge in [0.25, 0.3) is 0 Å². The second kappa shape index (κ2) is 42.0. The van der Waals surface area contributed by atoms with E-state index in [-0.39, 0.29) is 32.0 Å². The van der Waals surface area contributed by atoms with Crippen LogP contribution in [0.1, 0.15) is 193 Å². The predicted molar refractivity (Wildman–Crippen MR) is 252 cm³/mol. The van der Waals surface area contributed by atoms with Crippen LogP contribution in [-0.4, -0.2) is 74.9 Å². The molecular formula is C50H91NO8P+. The van der Waals surface area contributed by atoms with Crippen LogP contribution in [0, 0.1) is 0 Å². The van der Waals surface area contributed by atoms with Gasteiger partial charge in [0.2, 0.25) is 0 Å². The molecule has 10 heteroatoms. The highest BCUT2D eigenvalue weighted by Crippen LogP contribution is 2.43. The van der Waals surface area contributed by atoms with Gasteiger partial charge < -0.3 is 18.9 Å². The van der Waals surface area contributed by atoms with E-state index in [1.165, 1.54) is 116 Å².